The molecule has 0 aliphatic heterocycles. The van der Waals surface area contributed by atoms with Crippen LogP contribution in [0, 0.1) is 0 Å². The first-order valence-corrected chi connectivity index (χ1v) is 42.9. The van der Waals surface area contributed by atoms with E-state index in [2.05, 4.69) is 76.3 Å². The summed E-state index contributed by atoms with van der Waals surface area (Å²) in [4.78, 5) is 72.9. The summed E-state index contributed by atoms with van der Waals surface area (Å²) in [6, 6.07) is 0. The van der Waals surface area contributed by atoms with Crippen LogP contribution in [-0.4, -0.2) is 96.7 Å². The van der Waals surface area contributed by atoms with Crippen molar-refractivity contribution >= 4 is 39.5 Å². The van der Waals surface area contributed by atoms with Crippen molar-refractivity contribution in [2.45, 2.75) is 393 Å². The number of unbranched alkanes of at least 4 members (excludes halogenated alkanes) is 42. The molecule has 0 radical (unpaired) electrons. The maximum absolute atomic E-state index is 13.1. The molecule has 0 aromatic heterocycles. The molecule has 17 nitrogen and oxygen atoms in total. The Morgan fingerprint density at radius 1 is 0.286 bits per heavy atom. The van der Waals surface area contributed by atoms with Gasteiger partial charge in [-0.05, 0) is 109 Å². The lowest BCUT2D eigenvalue weighted by Gasteiger charge is -2.21. The molecule has 0 aromatic carbocycles. The number of hydrogen-bond acceptors (Lipinski definition) is 15. The molecule has 19 heteroatoms. The molecule has 0 rings (SSSR count). The van der Waals surface area contributed by atoms with Crippen LogP contribution in [0.1, 0.15) is 374 Å². The Balaban J connectivity index is 5.34. The summed E-state index contributed by atoms with van der Waals surface area (Å²) in [5.41, 5.74) is 0. The normalized spacial score (nSPS) is 14.2. The number of phosphoric acid groups is 2. The molecule has 0 spiro atoms. The van der Waals surface area contributed by atoms with E-state index in [0.29, 0.717) is 25.7 Å². The molecule has 0 amide bonds. The average molecular weight is 1430 g/mol. The highest BCUT2D eigenvalue weighted by Crippen LogP contribution is 2.45. The topological polar surface area (TPSA) is 237 Å². The maximum atomic E-state index is 13.1. The Bertz CT molecular complexity index is 2050. The molecule has 98 heavy (non-hydrogen) atoms. The van der Waals surface area contributed by atoms with E-state index in [-0.39, 0.29) is 25.7 Å². The van der Waals surface area contributed by atoms with Gasteiger partial charge in [0.05, 0.1) is 26.4 Å². The number of hydrogen-bond donors (Lipinski definition) is 3. The molecule has 3 N–H and O–H groups in total. The Morgan fingerprint density at radius 3 is 0.786 bits per heavy atom. The van der Waals surface area contributed by atoms with Crippen molar-refractivity contribution in [2.24, 2.45) is 0 Å². The van der Waals surface area contributed by atoms with E-state index in [1.807, 2.05) is 0 Å². The number of phosphoric ester groups is 2. The van der Waals surface area contributed by atoms with Crippen LogP contribution in [0.25, 0.3) is 0 Å². The number of carbonyl (C=O) groups is 4. The zero-order valence-corrected chi connectivity index (χ0v) is 64.5. The third-order valence-corrected chi connectivity index (χ3v) is 19.2. The molecule has 5 atom stereocenters. The van der Waals surface area contributed by atoms with Crippen LogP contribution in [0.2, 0.25) is 0 Å². The minimum Gasteiger partial charge on any atom is -0.462 e. The number of esters is 4. The Hall–Kier alpha value is -2.98. The van der Waals surface area contributed by atoms with E-state index in [4.69, 9.17) is 37.0 Å². The number of carbonyl (C=O) groups excluding carboxylic acids is 4. The molecule has 0 aliphatic rings. The second-order valence-corrected chi connectivity index (χ2v) is 29.9. The minimum absolute atomic E-state index is 0.0848. The van der Waals surface area contributed by atoms with E-state index in [1.54, 1.807) is 0 Å². The fourth-order valence-corrected chi connectivity index (χ4v) is 12.7. The lowest BCUT2D eigenvalue weighted by molar-refractivity contribution is -0.161. The zero-order valence-electron chi connectivity index (χ0n) is 62.7. The first-order valence-electron chi connectivity index (χ1n) is 39.9. The molecule has 0 heterocycles. The summed E-state index contributed by atoms with van der Waals surface area (Å²) in [7, 11) is -9.94. The number of rotatable bonds is 76. The third-order valence-electron chi connectivity index (χ3n) is 17.3. The Labute approximate surface area is 597 Å². The van der Waals surface area contributed by atoms with Gasteiger partial charge in [-0.25, -0.2) is 9.13 Å². The molecule has 0 saturated heterocycles. The van der Waals surface area contributed by atoms with Gasteiger partial charge in [-0.2, -0.15) is 0 Å². The number of ether oxygens (including phenoxy) is 4. The summed E-state index contributed by atoms with van der Waals surface area (Å²) in [5, 5.41) is 10.6. The minimum atomic E-state index is -4.97. The van der Waals surface area contributed by atoms with Gasteiger partial charge in [0.2, 0.25) is 0 Å². The van der Waals surface area contributed by atoms with Crippen LogP contribution in [-0.2, 0) is 65.4 Å². The van der Waals surface area contributed by atoms with Crippen molar-refractivity contribution in [3.8, 4) is 0 Å². The van der Waals surface area contributed by atoms with Gasteiger partial charge >= 0.3 is 39.5 Å². The van der Waals surface area contributed by atoms with Crippen LogP contribution >= 0.6 is 15.6 Å². The average Bonchev–Trinajstić information content (AvgIpc) is 1.05. The van der Waals surface area contributed by atoms with Crippen LogP contribution in [0.4, 0.5) is 0 Å². The molecular formula is C79H146O17P2. The van der Waals surface area contributed by atoms with Gasteiger partial charge in [0.1, 0.15) is 19.3 Å². The molecule has 0 aromatic rings. The third kappa shape index (κ3) is 71.4. The van der Waals surface area contributed by atoms with E-state index >= 15 is 0 Å². The molecule has 0 fully saturated rings. The van der Waals surface area contributed by atoms with Crippen LogP contribution < -0.4 is 0 Å². The highest BCUT2D eigenvalue weighted by molar-refractivity contribution is 7.47. The standard InChI is InChI=1S/C79H146O17P2/c1-5-9-13-17-21-25-29-33-36-40-44-48-52-56-60-64-77(82)90-70-75(96-79(84)66-62-58-54-50-46-42-38-35-31-27-23-19-15-11-7-3)72-94-98(87,88)92-68-73(80)67-91-97(85,86)93-71-74(69-89-76(81)63-59-55-51-47-43-39-32-28-24-20-16-12-8-4)95-78(83)65-61-57-53-49-45-41-37-34-30-26-22-18-14-10-6-2/h22,26,33-38,73-75,80H,5-21,23-25,27-32,39-72H2,1-4H3,(H,85,86)(H,87,88)/b26-22-,36-33-,37-34-,38-35-/t73-,74+,75+/m0/s1. The lowest BCUT2D eigenvalue weighted by atomic mass is 10.0. The smallest absolute Gasteiger partial charge is 0.462 e. The molecule has 0 aliphatic carbocycles. The van der Waals surface area contributed by atoms with E-state index in [9.17, 15) is 43.2 Å². The van der Waals surface area contributed by atoms with Crippen LogP contribution in [0.15, 0.2) is 48.6 Å². The van der Waals surface area contributed by atoms with Crippen molar-refractivity contribution in [3.63, 3.8) is 0 Å². The molecule has 574 valence electrons. The highest BCUT2D eigenvalue weighted by atomic mass is 31.2. The highest BCUT2D eigenvalue weighted by Gasteiger charge is 2.30. The predicted octanol–water partition coefficient (Wildman–Crippen LogP) is 22.9. The fraction of sp³-hybridized carbons (Fsp3) is 0.848. The second kappa shape index (κ2) is 72.4. The van der Waals surface area contributed by atoms with Crippen molar-refractivity contribution in [1.29, 1.82) is 0 Å². The summed E-state index contributed by atoms with van der Waals surface area (Å²) in [5.74, 6) is -2.17. The molecular weight excluding hydrogens is 1280 g/mol. The Kier molecular flexibility index (Phi) is 70.2. The van der Waals surface area contributed by atoms with Gasteiger partial charge < -0.3 is 33.8 Å². The van der Waals surface area contributed by atoms with Gasteiger partial charge in [0.15, 0.2) is 12.2 Å². The van der Waals surface area contributed by atoms with Crippen molar-refractivity contribution in [1.82, 2.24) is 0 Å². The van der Waals surface area contributed by atoms with Crippen molar-refractivity contribution in [2.75, 3.05) is 39.6 Å². The first-order chi connectivity index (χ1) is 47.7. The predicted molar refractivity (Wildman–Crippen MR) is 400 cm³/mol. The van der Waals surface area contributed by atoms with E-state index in [0.717, 1.165) is 141 Å². The van der Waals surface area contributed by atoms with Crippen molar-refractivity contribution in [3.05, 3.63) is 48.6 Å². The summed E-state index contributed by atoms with van der Waals surface area (Å²) in [6.07, 6.45) is 69.4. The number of aliphatic hydroxyl groups is 1. The van der Waals surface area contributed by atoms with Gasteiger partial charge in [0, 0.05) is 25.7 Å². The van der Waals surface area contributed by atoms with Gasteiger partial charge in [-0.1, -0.05) is 288 Å². The summed E-state index contributed by atoms with van der Waals surface area (Å²) >= 11 is 0. The lowest BCUT2D eigenvalue weighted by Crippen LogP contribution is -2.30. The first kappa shape index (κ1) is 95.0. The molecule has 0 saturated carbocycles. The molecule has 2 unspecified atom stereocenters. The Morgan fingerprint density at radius 2 is 0.500 bits per heavy atom. The van der Waals surface area contributed by atoms with Crippen LogP contribution in [0.5, 0.6) is 0 Å². The van der Waals surface area contributed by atoms with E-state index in [1.165, 1.54) is 154 Å². The molecule has 0 bridgehead atoms. The quantitative estimate of drug-likeness (QED) is 0.0169. The summed E-state index contributed by atoms with van der Waals surface area (Å²) in [6.45, 7) is 4.88. The number of allylic oxidation sites excluding steroid dienone is 8. The second-order valence-electron chi connectivity index (χ2n) is 27.0. The van der Waals surface area contributed by atoms with Crippen molar-refractivity contribution < 1.29 is 80.2 Å². The van der Waals surface area contributed by atoms with Gasteiger partial charge in [-0.15, -0.1) is 0 Å². The number of aliphatic hydroxyl groups excluding tert-OH is 1. The maximum Gasteiger partial charge on any atom is 0.472 e. The summed E-state index contributed by atoms with van der Waals surface area (Å²) < 4.78 is 68.6. The van der Waals surface area contributed by atoms with Gasteiger partial charge in [-0.3, -0.25) is 37.3 Å². The van der Waals surface area contributed by atoms with E-state index < -0.39 is 97.5 Å². The monoisotopic (exact) mass is 1430 g/mol. The van der Waals surface area contributed by atoms with Gasteiger partial charge in [0.25, 0.3) is 0 Å². The zero-order chi connectivity index (χ0) is 71.8. The largest absolute Gasteiger partial charge is 0.472 e. The SMILES string of the molecule is CCCCC/C=C\C/C=C\CCCCCCCC(=O)O[C@H](COC(=O)CCCCCCCCCCCCCCC)COP(=O)(O)OC[C@H](O)COP(=O)(O)OC[C@@H](COC(=O)CCCCCCC/C=C\CCCCCCCC)OC(=O)CCCCCCC/C=C\CCCCCCCC. The fourth-order valence-electron chi connectivity index (χ4n) is 11.1. The van der Waals surface area contributed by atoms with Crippen LogP contribution in [0.3, 0.4) is 0 Å².